The normalized spacial score (nSPS) is 27.1. The Hall–Kier alpha value is -2.88. The second kappa shape index (κ2) is 14.5. The molecule has 4 amide bonds. The third-order valence-corrected chi connectivity index (χ3v) is 10.4. The SMILES string of the molecule is O=C(O)CCCC[C@@H]1SC[C@@H]2NC(=O)N[C@@H]21.O=C1N[C@H]2[C@H](CS[C@H]2CCCCC(=O)Oc2cc(F)c(F)c(F)c2F)N1. The highest BCUT2D eigenvalue weighted by atomic mass is 32.2. The number of hydrogen-bond donors (Lipinski definition) is 5. The zero-order valence-electron chi connectivity index (χ0n) is 22.4. The van der Waals surface area contributed by atoms with Gasteiger partial charge in [0.25, 0.3) is 0 Å². The van der Waals surface area contributed by atoms with Crippen LogP contribution in [0.15, 0.2) is 6.07 Å². The number of ether oxygens (including phenoxy) is 1. The number of fused-ring (bicyclic) bond motifs is 2. The quantitative estimate of drug-likeness (QED) is 0.0471. The monoisotopic (exact) mass is 636 g/mol. The first-order chi connectivity index (χ1) is 20.0. The fourth-order valence-corrected chi connectivity index (χ4v) is 8.41. The number of carbonyl (C=O) groups is 4. The van der Waals surface area contributed by atoms with Gasteiger partial charge in [-0.3, -0.25) is 9.59 Å². The first-order valence-corrected chi connectivity index (χ1v) is 15.8. The lowest BCUT2D eigenvalue weighted by Gasteiger charge is -2.16. The number of rotatable bonds is 11. The van der Waals surface area contributed by atoms with Crippen LogP contribution in [0.1, 0.15) is 51.4 Å². The maximum atomic E-state index is 13.4. The molecular formula is C26H32F4N4O6S2. The maximum Gasteiger partial charge on any atom is 0.315 e. The molecule has 1 aromatic carbocycles. The van der Waals surface area contributed by atoms with Gasteiger partial charge >= 0.3 is 24.0 Å². The fraction of sp³-hybridized carbons (Fsp3) is 0.615. The van der Waals surface area contributed by atoms with Crippen molar-refractivity contribution in [1.29, 1.82) is 0 Å². The average Bonchev–Trinajstić information content (AvgIpc) is 3.69. The Morgan fingerprint density at radius 3 is 1.83 bits per heavy atom. The van der Waals surface area contributed by atoms with E-state index in [1.54, 1.807) is 11.8 Å². The summed E-state index contributed by atoms with van der Waals surface area (Å²) in [6, 6.07) is 0.758. The molecule has 4 fully saturated rings. The Morgan fingerprint density at radius 1 is 0.786 bits per heavy atom. The molecule has 0 unspecified atom stereocenters. The molecule has 0 saturated carbocycles. The number of urea groups is 2. The van der Waals surface area contributed by atoms with Gasteiger partial charge in [0.2, 0.25) is 11.6 Å². The van der Waals surface area contributed by atoms with E-state index in [1.165, 1.54) is 0 Å². The van der Waals surface area contributed by atoms with Crippen molar-refractivity contribution < 1.29 is 46.6 Å². The molecule has 4 aliphatic rings. The molecule has 42 heavy (non-hydrogen) atoms. The molecule has 0 bridgehead atoms. The predicted octanol–water partition coefficient (Wildman–Crippen LogP) is 3.67. The number of unbranched alkanes of at least 4 members (excludes halogenated alkanes) is 2. The van der Waals surface area contributed by atoms with Gasteiger partial charge in [0.15, 0.2) is 17.4 Å². The van der Waals surface area contributed by atoms with Crippen LogP contribution < -0.4 is 26.0 Å². The summed E-state index contributed by atoms with van der Waals surface area (Å²) in [6.45, 7) is 0. The Labute approximate surface area is 247 Å². The molecule has 5 rings (SSSR count). The molecule has 0 aliphatic carbocycles. The van der Waals surface area contributed by atoms with Crippen molar-refractivity contribution >= 4 is 47.5 Å². The summed E-state index contributed by atoms with van der Waals surface area (Å²) in [5, 5.41) is 20.7. The third kappa shape index (κ3) is 8.14. The minimum Gasteiger partial charge on any atom is -0.481 e. The Bertz CT molecular complexity index is 1200. The lowest BCUT2D eigenvalue weighted by molar-refractivity contribution is -0.137. The van der Waals surface area contributed by atoms with Gasteiger partial charge in [-0.2, -0.15) is 27.9 Å². The number of hydrogen-bond acceptors (Lipinski definition) is 7. The smallest absolute Gasteiger partial charge is 0.315 e. The summed E-state index contributed by atoms with van der Waals surface area (Å²) in [5.74, 6) is -8.11. The van der Waals surface area contributed by atoms with Crippen molar-refractivity contribution in [3.05, 3.63) is 29.3 Å². The van der Waals surface area contributed by atoms with Gasteiger partial charge in [0, 0.05) is 40.9 Å². The van der Waals surface area contributed by atoms with E-state index in [2.05, 4.69) is 26.0 Å². The second-order valence-electron chi connectivity index (χ2n) is 10.4. The van der Waals surface area contributed by atoms with Crippen molar-refractivity contribution in [2.24, 2.45) is 0 Å². The summed E-state index contributed by atoms with van der Waals surface area (Å²) in [4.78, 5) is 44.4. The van der Waals surface area contributed by atoms with Gasteiger partial charge in [-0.15, -0.1) is 0 Å². The number of thioether (sulfide) groups is 2. The van der Waals surface area contributed by atoms with Crippen LogP contribution in [0.4, 0.5) is 27.2 Å². The third-order valence-electron chi connectivity index (χ3n) is 7.42. The lowest BCUT2D eigenvalue weighted by atomic mass is 10.0. The van der Waals surface area contributed by atoms with E-state index >= 15 is 0 Å². The topological polar surface area (TPSA) is 146 Å². The number of nitrogens with one attached hydrogen (secondary N) is 4. The second-order valence-corrected chi connectivity index (χ2v) is 12.9. The molecule has 16 heteroatoms. The van der Waals surface area contributed by atoms with Crippen molar-refractivity contribution in [1.82, 2.24) is 21.3 Å². The Morgan fingerprint density at radius 2 is 1.31 bits per heavy atom. The van der Waals surface area contributed by atoms with Crippen LogP contribution in [0.3, 0.4) is 0 Å². The maximum absolute atomic E-state index is 13.4. The number of esters is 1. The molecule has 4 aliphatic heterocycles. The van der Waals surface area contributed by atoms with Gasteiger partial charge in [0.1, 0.15) is 0 Å². The molecule has 0 aromatic heterocycles. The standard InChI is InChI=1S/C16H16F4N2O3S.C10H16N2O3S/c17-7-5-9(13(19)14(20)12(7)18)25-11(23)4-2-1-3-10-15-8(6-26-10)21-16(24)22-15;13-8(14)4-2-1-3-7-9-6(5-16-7)11-10(15)12-9/h5,8,10,15H,1-4,6H2,(H2,21,22,24);6-7,9H,1-5H2,(H,13,14)(H2,11,12,15)/t8-,10-,15-;6-,7-,9-/m00/s1. The minimum atomic E-state index is -2.02. The average molecular weight is 637 g/mol. The number of carbonyl (C=O) groups excluding carboxylic acids is 3. The molecule has 1 aromatic rings. The van der Waals surface area contributed by atoms with Crippen molar-refractivity contribution in [3.8, 4) is 5.75 Å². The zero-order valence-corrected chi connectivity index (χ0v) is 24.1. The molecule has 5 N–H and O–H groups in total. The fourth-order valence-electron chi connectivity index (χ4n) is 5.32. The minimum absolute atomic E-state index is 0.0640. The van der Waals surface area contributed by atoms with E-state index in [0.29, 0.717) is 24.2 Å². The molecule has 10 nitrogen and oxygen atoms in total. The van der Waals surface area contributed by atoms with Gasteiger partial charge < -0.3 is 31.1 Å². The van der Waals surface area contributed by atoms with Crippen molar-refractivity contribution in [2.45, 2.75) is 86.0 Å². The lowest BCUT2D eigenvalue weighted by Crippen LogP contribution is -2.36. The number of carboxylic acid groups (broad SMARTS) is 1. The van der Waals surface area contributed by atoms with Crippen molar-refractivity contribution in [2.75, 3.05) is 11.5 Å². The van der Waals surface area contributed by atoms with Crippen LogP contribution in [0.5, 0.6) is 5.75 Å². The first-order valence-electron chi connectivity index (χ1n) is 13.7. The number of benzene rings is 1. The van der Waals surface area contributed by atoms with E-state index in [9.17, 15) is 36.7 Å². The number of halogens is 4. The Balaban J connectivity index is 0.000000216. The van der Waals surface area contributed by atoms with Gasteiger partial charge in [-0.25, -0.2) is 22.8 Å². The Kier molecular flexibility index (Phi) is 11.1. The molecule has 0 radical (unpaired) electrons. The highest BCUT2D eigenvalue weighted by Crippen LogP contribution is 2.34. The molecule has 6 atom stereocenters. The van der Waals surface area contributed by atoms with E-state index in [1.807, 2.05) is 11.8 Å². The summed E-state index contributed by atoms with van der Waals surface area (Å²) in [7, 11) is 0. The van der Waals surface area contributed by atoms with Gasteiger partial charge in [-0.05, 0) is 25.7 Å². The summed E-state index contributed by atoms with van der Waals surface area (Å²) >= 11 is 3.61. The molecule has 0 spiro atoms. The molecule has 232 valence electrons. The molecular weight excluding hydrogens is 604 g/mol. The summed E-state index contributed by atoms with van der Waals surface area (Å²) in [6.07, 6.45) is 4.68. The van der Waals surface area contributed by atoms with Crippen LogP contribution in [-0.4, -0.2) is 75.3 Å². The van der Waals surface area contributed by atoms with E-state index in [4.69, 9.17) is 5.11 Å². The van der Waals surface area contributed by atoms with Gasteiger partial charge in [-0.1, -0.05) is 12.8 Å². The van der Waals surface area contributed by atoms with Gasteiger partial charge in [0.05, 0.1) is 24.2 Å². The van der Waals surface area contributed by atoms with Crippen molar-refractivity contribution in [3.63, 3.8) is 0 Å². The van der Waals surface area contributed by atoms with Crippen LogP contribution >= 0.6 is 23.5 Å². The number of aliphatic carboxylic acids is 1. The van der Waals surface area contributed by atoms with Crippen LogP contribution in [0.2, 0.25) is 0 Å². The highest BCUT2D eigenvalue weighted by Gasteiger charge is 2.43. The molecule has 4 saturated heterocycles. The number of amides is 4. The van der Waals surface area contributed by atoms with E-state index in [-0.39, 0.29) is 54.3 Å². The summed E-state index contributed by atoms with van der Waals surface area (Å²) < 4.78 is 57.1. The summed E-state index contributed by atoms with van der Waals surface area (Å²) in [5.41, 5.74) is 0. The zero-order chi connectivity index (χ0) is 30.4. The number of carboxylic acids is 1. The van der Waals surface area contributed by atoms with Crippen LogP contribution in [0.25, 0.3) is 0 Å². The molecule has 4 heterocycles. The van der Waals surface area contributed by atoms with Crippen LogP contribution in [0, 0.1) is 23.3 Å². The van der Waals surface area contributed by atoms with Crippen LogP contribution in [-0.2, 0) is 9.59 Å². The highest BCUT2D eigenvalue weighted by molar-refractivity contribution is 8.00. The van der Waals surface area contributed by atoms with E-state index in [0.717, 1.165) is 37.2 Å². The largest absolute Gasteiger partial charge is 0.481 e. The van der Waals surface area contributed by atoms with E-state index < -0.39 is 41.0 Å². The first kappa shape index (κ1) is 32.0. The predicted molar refractivity (Wildman–Crippen MR) is 147 cm³/mol.